The molecule has 0 aromatic carbocycles. The van der Waals surface area contributed by atoms with Gasteiger partial charge in [0.2, 0.25) is 0 Å². The van der Waals surface area contributed by atoms with Gasteiger partial charge in [0.25, 0.3) is 0 Å². The molecule has 3 nitrogen and oxygen atoms in total. The Balaban J connectivity index is 3.17. The highest BCUT2D eigenvalue weighted by molar-refractivity contribution is 6.76. The van der Waals surface area contributed by atoms with Crippen molar-refractivity contribution in [2.45, 2.75) is 45.5 Å². The molecule has 0 aromatic rings. The minimum absolute atomic E-state index is 0.0978. The van der Waals surface area contributed by atoms with E-state index >= 15 is 0 Å². The van der Waals surface area contributed by atoms with Crippen molar-refractivity contribution in [1.29, 1.82) is 0 Å². The number of allylic oxidation sites excluding steroid dienone is 2. The van der Waals surface area contributed by atoms with Gasteiger partial charge >= 0.3 is 0 Å². The molecule has 0 unspecified atom stereocenters. The summed E-state index contributed by atoms with van der Waals surface area (Å²) in [5.74, 6) is 0.0978. The fraction of sp³-hybridized carbons (Fsp3) is 0.769. The van der Waals surface area contributed by atoms with Gasteiger partial charge in [0, 0.05) is 21.3 Å². The smallest absolute Gasteiger partial charge is 0.152 e. The van der Waals surface area contributed by atoms with Crippen LogP contribution in [0, 0.1) is 0 Å². The van der Waals surface area contributed by atoms with Gasteiger partial charge in [0.05, 0.1) is 0 Å². The molecule has 0 bridgehead atoms. The Bertz CT molecular complexity index is 231. The molecule has 0 amide bonds. The van der Waals surface area contributed by atoms with E-state index in [1.54, 1.807) is 13.0 Å². The molecule has 0 spiro atoms. The van der Waals surface area contributed by atoms with E-state index in [0.717, 1.165) is 19.4 Å². The second-order valence-electron chi connectivity index (χ2n) is 5.40. The van der Waals surface area contributed by atoms with Crippen molar-refractivity contribution >= 4 is 13.9 Å². The number of carbonyl (C=O) groups is 1. The first-order chi connectivity index (χ1) is 7.92. The zero-order valence-corrected chi connectivity index (χ0v) is 12.6. The Kier molecular flexibility index (Phi) is 9.31. The minimum atomic E-state index is -0.976. The number of carbonyl (C=O) groups excluding carboxylic acids is 1. The SMILES string of the molecule is CC(=O)/C=C/CCCOCOCC[Si](C)(C)C. The lowest BCUT2D eigenvalue weighted by Crippen LogP contribution is -2.22. The number of rotatable bonds is 10. The van der Waals surface area contributed by atoms with Crippen molar-refractivity contribution in [3.8, 4) is 0 Å². The number of ketones is 1. The molecule has 0 N–H and O–H groups in total. The standard InChI is InChI=1S/C13H26O3Si/c1-13(14)8-6-5-7-9-15-12-16-10-11-17(2,3)4/h6,8H,5,7,9-12H2,1-4H3/b8-6+. The van der Waals surface area contributed by atoms with E-state index in [-0.39, 0.29) is 5.78 Å². The lowest BCUT2D eigenvalue weighted by atomic mass is 10.3. The second kappa shape index (κ2) is 9.56. The third-order valence-electron chi connectivity index (χ3n) is 2.18. The van der Waals surface area contributed by atoms with Gasteiger partial charge in [-0.1, -0.05) is 25.7 Å². The summed E-state index contributed by atoms with van der Waals surface area (Å²) in [6.45, 7) is 10.4. The molecule has 0 aliphatic heterocycles. The quantitative estimate of drug-likeness (QED) is 0.261. The third-order valence-corrected chi connectivity index (χ3v) is 3.88. The highest BCUT2D eigenvalue weighted by Crippen LogP contribution is 2.07. The Morgan fingerprint density at radius 2 is 1.82 bits per heavy atom. The van der Waals surface area contributed by atoms with Gasteiger partial charge in [0.1, 0.15) is 6.79 Å². The lowest BCUT2D eigenvalue weighted by molar-refractivity contribution is -0.112. The van der Waals surface area contributed by atoms with Crippen LogP contribution in [0.1, 0.15) is 19.8 Å². The van der Waals surface area contributed by atoms with E-state index in [1.807, 2.05) is 6.08 Å². The molecule has 4 heteroatoms. The number of ether oxygens (including phenoxy) is 2. The Morgan fingerprint density at radius 1 is 1.18 bits per heavy atom. The van der Waals surface area contributed by atoms with Crippen LogP contribution < -0.4 is 0 Å². The maximum Gasteiger partial charge on any atom is 0.152 e. The summed E-state index contributed by atoms with van der Waals surface area (Å²) in [6, 6.07) is 1.18. The molecule has 0 saturated heterocycles. The van der Waals surface area contributed by atoms with Crippen LogP contribution in [0.4, 0.5) is 0 Å². The highest BCUT2D eigenvalue weighted by Gasteiger charge is 2.11. The highest BCUT2D eigenvalue weighted by atomic mass is 28.3. The third kappa shape index (κ3) is 15.5. The molecule has 0 radical (unpaired) electrons. The molecule has 0 heterocycles. The maximum absolute atomic E-state index is 10.6. The summed E-state index contributed by atoms with van der Waals surface area (Å²) >= 11 is 0. The van der Waals surface area contributed by atoms with Gasteiger partial charge in [-0.2, -0.15) is 0 Å². The monoisotopic (exact) mass is 258 g/mol. The summed E-state index contributed by atoms with van der Waals surface area (Å²) in [5.41, 5.74) is 0. The summed E-state index contributed by atoms with van der Waals surface area (Å²) in [5, 5.41) is 0. The largest absolute Gasteiger partial charge is 0.356 e. The van der Waals surface area contributed by atoms with Gasteiger partial charge in [-0.05, 0) is 31.9 Å². The minimum Gasteiger partial charge on any atom is -0.356 e. The van der Waals surface area contributed by atoms with E-state index in [9.17, 15) is 4.79 Å². The first-order valence-corrected chi connectivity index (χ1v) is 9.95. The second-order valence-corrected chi connectivity index (χ2v) is 11.0. The Morgan fingerprint density at radius 3 is 2.41 bits per heavy atom. The molecule has 0 rings (SSSR count). The average Bonchev–Trinajstić information content (AvgIpc) is 2.18. The molecule has 0 aromatic heterocycles. The summed E-state index contributed by atoms with van der Waals surface area (Å²) < 4.78 is 10.7. The van der Waals surface area contributed by atoms with Crippen LogP contribution in [0.5, 0.6) is 0 Å². The Hall–Kier alpha value is -0.453. The van der Waals surface area contributed by atoms with Crippen molar-refractivity contribution in [1.82, 2.24) is 0 Å². The fourth-order valence-corrected chi connectivity index (χ4v) is 1.86. The van der Waals surface area contributed by atoms with Crippen LogP contribution in [0.15, 0.2) is 12.2 Å². The predicted octanol–water partition coefficient (Wildman–Crippen LogP) is 3.24. The van der Waals surface area contributed by atoms with Gasteiger partial charge in [-0.25, -0.2) is 0 Å². The molecule has 0 aliphatic carbocycles. The van der Waals surface area contributed by atoms with Crippen LogP contribution in [-0.2, 0) is 14.3 Å². The first kappa shape index (κ1) is 16.5. The van der Waals surface area contributed by atoms with E-state index in [4.69, 9.17) is 9.47 Å². The molecular formula is C13H26O3Si. The summed E-state index contributed by atoms with van der Waals surface area (Å²) in [7, 11) is -0.976. The van der Waals surface area contributed by atoms with Crippen molar-refractivity contribution in [2.24, 2.45) is 0 Å². The van der Waals surface area contributed by atoms with Crippen molar-refractivity contribution in [3.05, 3.63) is 12.2 Å². The van der Waals surface area contributed by atoms with E-state index in [2.05, 4.69) is 19.6 Å². The zero-order valence-electron chi connectivity index (χ0n) is 11.6. The van der Waals surface area contributed by atoms with Gasteiger partial charge in [0.15, 0.2) is 5.78 Å². The Labute approximate surface area is 106 Å². The topological polar surface area (TPSA) is 35.5 Å². The number of hydrogen-bond acceptors (Lipinski definition) is 3. The predicted molar refractivity (Wildman–Crippen MR) is 74.0 cm³/mol. The fourth-order valence-electron chi connectivity index (χ4n) is 1.11. The molecule has 0 saturated carbocycles. The molecule has 0 aliphatic rings. The van der Waals surface area contributed by atoms with Crippen molar-refractivity contribution in [2.75, 3.05) is 20.0 Å². The molecule has 17 heavy (non-hydrogen) atoms. The first-order valence-electron chi connectivity index (χ1n) is 6.24. The van der Waals surface area contributed by atoms with Crippen LogP contribution in [0.2, 0.25) is 25.7 Å². The van der Waals surface area contributed by atoms with E-state index < -0.39 is 8.07 Å². The lowest BCUT2D eigenvalue weighted by Gasteiger charge is -2.15. The normalized spacial score (nSPS) is 12.2. The molecule has 0 fully saturated rings. The van der Waals surface area contributed by atoms with Gasteiger partial charge in [-0.3, -0.25) is 4.79 Å². The van der Waals surface area contributed by atoms with Crippen LogP contribution in [0.25, 0.3) is 0 Å². The molecule has 100 valence electrons. The van der Waals surface area contributed by atoms with Crippen LogP contribution >= 0.6 is 0 Å². The summed E-state index contributed by atoms with van der Waals surface area (Å²) in [6.07, 6.45) is 5.30. The average molecular weight is 258 g/mol. The number of hydrogen-bond donors (Lipinski definition) is 0. The molecule has 0 atom stereocenters. The van der Waals surface area contributed by atoms with Crippen molar-refractivity contribution < 1.29 is 14.3 Å². The zero-order chi connectivity index (χ0) is 13.1. The van der Waals surface area contributed by atoms with E-state index in [0.29, 0.717) is 13.4 Å². The van der Waals surface area contributed by atoms with Crippen LogP contribution in [-0.4, -0.2) is 33.9 Å². The van der Waals surface area contributed by atoms with Crippen molar-refractivity contribution in [3.63, 3.8) is 0 Å². The van der Waals surface area contributed by atoms with Crippen LogP contribution in [0.3, 0.4) is 0 Å². The van der Waals surface area contributed by atoms with E-state index in [1.165, 1.54) is 6.04 Å². The molecular weight excluding hydrogens is 232 g/mol. The summed E-state index contributed by atoms with van der Waals surface area (Å²) in [4.78, 5) is 10.6. The number of unbranched alkanes of at least 4 members (excludes halogenated alkanes) is 1. The van der Waals surface area contributed by atoms with Gasteiger partial charge in [-0.15, -0.1) is 0 Å². The van der Waals surface area contributed by atoms with Gasteiger partial charge < -0.3 is 9.47 Å². The maximum atomic E-state index is 10.6.